The zero-order chi connectivity index (χ0) is 14.2. The Labute approximate surface area is 125 Å². The molecular weight excluding hydrogens is 260 g/mol. The van der Waals surface area contributed by atoms with Gasteiger partial charge in [-0.15, -0.1) is 0 Å². The first-order valence-corrected chi connectivity index (χ1v) is 7.97. The van der Waals surface area contributed by atoms with E-state index in [1.54, 1.807) is 12.4 Å². The summed E-state index contributed by atoms with van der Waals surface area (Å²) in [4.78, 5) is 14.1. The molecule has 2 saturated heterocycles. The number of benzene rings is 1. The molecule has 4 rings (SSSR count). The number of hydrogen-bond donors (Lipinski definition) is 0. The average Bonchev–Trinajstić information content (AvgIpc) is 2.94. The van der Waals surface area contributed by atoms with Gasteiger partial charge in [0.15, 0.2) is 0 Å². The Morgan fingerprint density at radius 3 is 2.90 bits per heavy atom. The third kappa shape index (κ3) is 2.54. The smallest absolute Gasteiger partial charge is 0.0890 e. The van der Waals surface area contributed by atoms with Crippen molar-refractivity contribution in [1.29, 1.82) is 0 Å². The Bertz CT molecular complexity index is 641. The molecular formula is C17H22N4. The van der Waals surface area contributed by atoms with E-state index in [2.05, 4.69) is 44.9 Å². The van der Waals surface area contributed by atoms with Gasteiger partial charge in [0.1, 0.15) is 0 Å². The van der Waals surface area contributed by atoms with Gasteiger partial charge < -0.3 is 0 Å². The van der Waals surface area contributed by atoms with E-state index in [9.17, 15) is 0 Å². The van der Waals surface area contributed by atoms with Crippen molar-refractivity contribution >= 4 is 11.0 Å². The molecule has 2 atom stereocenters. The maximum absolute atomic E-state index is 4.42. The van der Waals surface area contributed by atoms with Crippen LogP contribution in [0, 0.1) is 0 Å². The van der Waals surface area contributed by atoms with Gasteiger partial charge in [-0.2, -0.15) is 0 Å². The highest BCUT2D eigenvalue weighted by Crippen LogP contribution is 2.26. The van der Waals surface area contributed by atoms with E-state index < -0.39 is 0 Å². The molecule has 0 spiro atoms. The van der Waals surface area contributed by atoms with Crippen LogP contribution in [-0.4, -0.2) is 51.5 Å². The molecule has 1 aromatic carbocycles. The van der Waals surface area contributed by atoms with E-state index in [0.29, 0.717) is 6.04 Å². The van der Waals surface area contributed by atoms with Crippen molar-refractivity contribution in [1.82, 2.24) is 19.8 Å². The number of fused-ring (bicyclic) bond motifs is 2. The Morgan fingerprint density at radius 2 is 2.00 bits per heavy atom. The highest BCUT2D eigenvalue weighted by Gasteiger charge is 2.34. The minimum atomic E-state index is 0.636. The number of piperazine rings is 1. The molecule has 0 saturated carbocycles. The van der Waals surface area contributed by atoms with Gasteiger partial charge in [-0.3, -0.25) is 19.8 Å². The highest BCUT2D eigenvalue weighted by atomic mass is 15.3. The summed E-state index contributed by atoms with van der Waals surface area (Å²) in [6, 6.07) is 7.90. The van der Waals surface area contributed by atoms with E-state index in [4.69, 9.17) is 0 Å². The van der Waals surface area contributed by atoms with Crippen LogP contribution in [0.4, 0.5) is 0 Å². The van der Waals surface area contributed by atoms with Gasteiger partial charge in [0.25, 0.3) is 0 Å². The first kappa shape index (κ1) is 13.2. The lowest BCUT2D eigenvalue weighted by Crippen LogP contribution is -2.54. The monoisotopic (exact) mass is 282 g/mol. The fourth-order valence-electron chi connectivity index (χ4n) is 3.81. The summed E-state index contributed by atoms with van der Waals surface area (Å²) in [5, 5.41) is 0. The first-order chi connectivity index (χ1) is 10.3. The molecule has 0 amide bonds. The van der Waals surface area contributed by atoms with Crippen molar-refractivity contribution in [2.75, 3.05) is 19.6 Å². The second kappa shape index (κ2) is 5.35. The predicted octanol–water partition coefficient (Wildman–Crippen LogP) is 2.30. The van der Waals surface area contributed by atoms with Crippen LogP contribution in [0.3, 0.4) is 0 Å². The normalized spacial score (nSPS) is 27.1. The maximum Gasteiger partial charge on any atom is 0.0890 e. The van der Waals surface area contributed by atoms with E-state index in [1.165, 1.54) is 38.0 Å². The molecule has 2 aliphatic rings. The molecule has 110 valence electrons. The molecule has 0 radical (unpaired) electrons. The molecule has 2 fully saturated rings. The van der Waals surface area contributed by atoms with Crippen LogP contribution in [0.2, 0.25) is 0 Å². The third-order valence-electron chi connectivity index (χ3n) is 4.99. The summed E-state index contributed by atoms with van der Waals surface area (Å²) < 4.78 is 0. The molecule has 2 aliphatic heterocycles. The molecule has 0 N–H and O–H groups in total. The zero-order valence-corrected chi connectivity index (χ0v) is 12.6. The Morgan fingerprint density at radius 1 is 1.14 bits per heavy atom. The summed E-state index contributed by atoms with van der Waals surface area (Å²) in [6.07, 6.45) is 6.26. The van der Waals surface area contributed by atoms with Gasteiger partial charge in [-0.25, -0.2) is 0 Å². The second-order valence-electron chi connectivity index (χ2n) is 6.45. The van der Waals surface area contributed by atoms with Crippen molar-refractivity contribution in [2.45, 2.75) is 38.4 Å². The van der Waals surface area contributed by atoms with Crippen molar-refractivity contribution in [3.63, 3.8) is 0 Å². The standard InChI is InChI=1S/C17H22N4/c1-13-10-20-8-2-3-15(20)12-21(13)11-14-4-5-16-17(9-14)19-7-6-18-16/h4-7,9,13,15H,2-3,8,10-12H2,1H3/t13-,15+/m1/s1. The third-order valence-corrected chi connectivity index (χ3v) is 4.99. The summed E-state index contributed by atoms with van der Waals surface area (Å²) in [7, 11) is 0. The molecule has 4 heteroatoms. The Balaban J connectivity index is 1.53. The molecule has 4 nitrogen and oxygen atoms in total. The molecule has 3 heterocycles. The van der Waals surface area contributed by atoms with Gasteiger partial charge in [0.2, 0.25) is 0 Å². The number of rotatable bonds is 2. The topological polar surface area (TPSA) is 32.3 Å². The minimum absolute atomic E-state index is 0.636. The Hall–Kier alpha value is -1.52. The van der Waals surface area contributed by atoms with Crippen LogP contribution in [0.1, 0.15) is 25.3 Å². The molecule has 21 heavy (non-hydrogen) atoms. The van der Waals surface area contributed by atoms with Crippen LogP contribution in [0.15, 0.2) is 30.6 Å². The van der Waals surface area contributed by atoms with E-state index in [0.717, 1.165) is 23.6 Å². The van der Waals surface area contributed by atoms with Gasteiger partial charge >= 0.3 is 0 Å². The lowest BCUT2D eigenvalue weighted by molar-refractivity contribution is 0.0540. The average molecular weight is 282 g/mol. The van der Waals surface area contributed by atoms with Crippen molar-refractivity contribution in [3.05, 3.63) is 36.2 Å². The van der Waals surface area contributed by atoms with Gasteiger partial charge in [0.05, 0.1) is 11.0 Å². The first-order valence-electron chi connectivity index (χ1n) is 7.97. The zero-order valence-electron chi connectivity index (χ0n) is 12.6. The highest BCUT2D eigenvalue weighted by molar-refractivity contribution is 5.74. The molecule has 0 unspecified atom stereocenters. The van der Waals surface area contributed by atoms with E-state index in [-0.39, 0.29) is 0 Å². The van der Waals surface area contributed by atoms with E-state index in [1.807, 2.05) is 0 Å². The predicted molar refractivity (Wildman–Crippen MR) is 84.0 cm³/mol. The molecule has 0 bridgehead atoms. The minimum Gasteiger partial charge on any atom is -0.298 e. The van der Waals surface area contributed by atoms with Crippen LogP contribution in [-0.2, 0) is 6.54 Å². The van der Waals surface area contributed by atoms with Gasteiger partial charge in [-0.05, 0) is 44.0 Å². The quantitative estimate of drug-likeness (QED) is 0.846. The summed E-state index contributed by atoms with van der Waals surface area (Å²) in [5.41, 5.74) is 3.33. The lowest BCUT2D eigenvalue weighted by atomic mass is 10.1. The van der Waals surface area contributed by atoms with Crippen molar-refractivity contribution in [3.8, 4) is 0 Å². The number of aromatic nitrogens is 2. The van der Waals surface area contributed by atoms with Crippen molar-refractivity contribution < 1.29 is 0 Å². The fourth-order valence-corrected chi connectivity index (χ4v) is 3.81. The molecule has 0 aliphatic carbocycles. The van der Waals surface area contributed by atoms with Crippen LogP contribution in [0.5, 0.6) is 0 Å². The SMILES string of the molecule is C[C@@H]1CN2CCC[C@H]2CN1Cc1ccc2nccnc2c1. The van der Waals surface area contributed by atoms with Crippen molar-refractivity contribution in [2.24, 2.45) is 0 Å². The van der Waals surface area contributed by atoms with Crippen LogP contribution < -0.4 is 0 Å². The molecule has 2 aromatic rings. The summed E-state index contributed by atoms with van der Waals surface area (Å²) in [6.45, 7) is 7.11. The number of hydrogen-bond acceptors (Lipinski definition) is 4. The maximum atomic E-state index is 4.42. The summed E-state index contributed by atoms with van der Waals surface area (Å²) in [5.74, 6) is 0. The van der Waals surface area contributed by atoms with Crippen LogP contribution >= 0.6 is 0 Å². The van der Waals surface area contributed by atoms with Gasteiger partial charge in [-0.1, -0.05) is 6.07 Å². The van der Waals surface area contributed by atoms with Gasteiger partial charge in [0, 0.05) is 44.1 Å². The Kier molecular flexibility index (Phi) is 3.36. The van der Waals surface area contributed by atoms with E-state index >= 15 is 0 Å². The summed E-state index contributed by atoms with van der Waals surface area (Å²) >= 11 is 0. The number of nitrogens with zero attached hydrogens (tertiary/aromatic N) is 4. The lowest BCUT2D eigenvalue weighted by Gasteiger charge is -2.42. The largest absolute Gasteiger partial charge is 0.298 e. The fraction of sp³-hybridized carbons (Fsp3) is 0.529. The molecule has 1 aromatic heterocycles. The van der Waals surface area contributed by atoms with Crippen LogP contribution in [0.25, 0.3) is 11.0 Å². The second-order valence-corrected chi connectivity index (χ2v) is 6.45.